The quantitative estimate of drug-likeness (QED) is 0.667. The number of carbonyl (C=O) groups excluding carboxylic acids is 1. The third-order valence-electron chi connectivity index (χ3n) is 3.31. The number of carboxylic acids is 1. The predicted octanol–water partition coefficient (Wildman–Crippen LogP) is 1.08. The summed E-state index contributed by atoms with van der Waals surface area (Å²) in [7, 11) is 1.54. The summed E-state index contributed by atoms with van der Waals surface area (Å²) >= 11 is 0. The Kier molecular flexibility index (Phi) is 7.56. The molecule has 0 heterocycles. The van der Waals surface area contributed by atoms with Crippen LogP contribution in [0.3, 0.4) is 0 Å². The molecular formula is C16H23NO5. The van der Waals surface area contributed by atoms with E-state index in [0.717, 1.165) is 16.7 Å². The van der Waals surface area contributed by atoms with E-state index in [2.05, 4.69) is 5.32 Å². The molecule has 0 saturated heterocycles. The molecule has 0 aliphatic carbocycles. The number of benzene rings is 1. The largest absolute Gasteiger partial charge is 0.480 e. The summed E-state index contributed by atoms with van der Waals surface area (Å²) < 4.78 is 9.86. The molecule has 6 heteroatoms. The van der Waals surface area contributed by atoms with E-state index >= 15 is 0 Å². The van der Waals surface area contributed by atoms with Crippen molar-refractivity contribution in [2.24, 2.45) is 0 Å². The summed E-state index contributed by atoms with van der Waals surface area (Å²) in [5.74, 6) is -1.52. The first-order chi connectivity index (χ1) is 10.4. The SMILES string of the molecule is COCCOCC(=O)N[C@@H](Cc1ccc(C)c(C)c1)C(=O)O. The lowest BCUT2D eigenvalue weighted by Crippen LogP contribution is -2.44. The van der Waals surface area contributed by atoms with Gasteiger partial charge < -0.3 is 19.9 Å². The summed E-state index contributed by atoms with van der Waals surface area (Å²) in [5.41, 5.74) is 3.11. The summed E-state index contributed by atoms with van der Waals surface area (Å²) in [6.07, 6.45) is 0.236. The molecule has 0 unspecified atom stereocenters. The van der Waals surface area contributed by atoms with Gasteiger partial charge in [0, 0.05) is 13.5 Å². The smallest absolute Gasteiger partial charge is 0.326 e. The number of hydrogen-bond donors (Lipinski definition) is 2. The topological polar surface area (TPSA) is 84.9 Å². The van der Waals surface area contributed by atoms with E-state index in [1.54, 1.807) is 0 Å². The van der Waals surface area contributed by atoms with Gasteiger partial charge >= 0.3 is 5.97 Å². The molecule has 0 spiro atoms. The van der Waals surface area contributed by atoms with Crippen LogP contribution in [0.15, 0.2) is 18.2 Å². The number of hydrogen-bond acceptors (Lipinski definition) is 4. The molecule has 1 aromatic rings. The first-order valence-electron chi connectivity index (χ1n) is 7.09. The minimum absolute atomic E-state index is 0.180. The Morgan fingerprint density at radius 1 is 1.23 bits per heavy atom. The number of rotatable bonds is 9. The van der Waals surface area contributed by atoms with Gasteiger partial charge in [-0.15, -0.1) is 0 Å². The van der Waals surface area contributed by atoms with Crippen molar-refractivity contribution in [2.45, 2.75) is 26.3 Å². The molecule has 2 N–H and O–H groups in total. The fourth-order valence-corrected chi connectivity index (χ4v) is 1.91. The van der Waals surface area contributed by atoms with Crippen molar-refractivity contribution in [1.82, 2.24) is 5.32 Å². The Bertz CT molecular complexity index is 515. The van der Waals surface area contributed by atoms with Crippen molar-refractivity contribution in [2.75, 3.05) is 26.9 Å². The third-order valence-corrected chi connectivity index (χ3v) is 3.31. The van der Waals surface area contributed by atoms with Crippen LogP contribution >= 0.6 is 0 Å². The average molecular weight is 309 g/mol. The normalized spacial score (nSPS) is 12.0. The van der Waals surface area contributed by atoms with Crippen LogP contribution < -0.4 is 5.32 Å². The lowest BCUT2D eigenvalue weighted by atomic mass is 10.0. The second-order valence-electron chi connectivity index (χ2n) is 5.13. The lowest BCUT2D eigenvalue weighted by molar-refractivity contribution is -0.142. The molecular weight excluding hydrogens is 286 g/mol. The van der Waals surface area contributed by atoms with Gasteiger partial charge in [-0.25, -0.2) is 4.79 Å². The molecule has 0 bridgehead atoms. The first kappa shape index (κ1) is 18.1. The van der Waals surface area contributed by atoms with Crippen LogP contribution in [-0.2, 0) is 25.5 Å². The van der Waals surface area contributed by atoms with Crippen LogP contribution in [0.4, 0.5) is 0 Å². The van der Waals surface area contributed by atoms with E-state index in [0.29, 0.717) is 13.2 Å². The molecule has 1 atom stereocenters. The Hall–Kier alpha value is -1.92. The van der Waals surface area contributed by atoms with Crippen LogP contribution in [0.1, 0.15) is 16.7 Å². The minimum Gasteiger partial charge on any atom is -0.480 e. The Labute approximate surface area is 130 Å². The maximum absolute atomic E-state index is 11.7. The summed E-state index contributed by atoms with van der Waals surface area (Å²) in [6.45, 7) is 4.46. The molecule has 1 aromatic carbocycles. The van der Waals surface area contributed by atoms with Crippen molar-refractivity contribution in [1.29, 1.82) is 0 Å². The van der Waals surface area contributed by atoms with Crippen molar-refractivity contribution in [3.63, 3.8) is 0 Å². The van der Waals surface area contributed by atoms with Gasteiger partial charge in [0.2, 0.25) is 5.91 Å². The van der Waals surface area contributed by atoms with Gasteiger partial charge in [-0.05, 0) is 30.5 Å². The monoisotopic (exact) mass is 309 g/mol. The third kappa shape index (κ3) is 6.24. The van der Waals surface area contributed by atoms with Gasteiger partial charge in [0.15, 0.2) is 0 Å². The molecule has 0 aromatic heterocycles. The zero-order chi connectivity index (χ0) is 16.5. The van der Waals surface area contributed by atoms with Gasteiger partial charge in [0.05, 0.1) is 13.2 Å². The molecule has 0 saturated carbocycles. The van der Waals surface area contributed by atoms with E-state index in [1.807, 2.05) is 32.0 Å². The van der Waals surface area contributed by atoms with Crippen LogP contribution in [0.5, 0.6) is 0 Å². The highest BCUT2D eigenvalue weighted by Gasteiger charge is 2.20. The summed E-state index contributed by atoms with van der Waals surface area (Å²) in [6, 6.07) is 4.78. The van der Waals surface area contributed by atoms with Crippen LogP contribution in [0.2, 0.25) is 0 Å². The fourth-order valence-electron chi connectivity index (χ4n) is 1.91. The molecule has 1 rings (SSSR count). The lowest BCUT2D eigenvalue weighted by Gasteiger charge is -2.15. The van der Waals surface area contributed by atoms with Gasteiger partial charge in [0.25, 0.3) is 0 Å². The van der Waals surface area contributed by atoms with Gasteiger partial charge in [-0.3, -0.25) is 4.79 Å². The Morgan fingerprint density at radius 3 is 2.55 bits per heavy atom. The van der Waals surface area contributed by atoms with E-state index in [4.69, 9.17) is 9.47 Å². The highest BCUT2D eigenvalue weighted by atomic mass is 16.5. The van der Waals surface area contributed by atoms with Crippen molar-refractivity contribution in [3.8, 4) is 0 Å². The highest BCUT2D eigenvalue weighted by Crippen LogP contribution is 2.11. The Morgan fingerprint density at radius 2 is 1.95 bits per heavy atom. The molecule has 122 valence electrons. The predicted molar refractivity (Wildman–Crippen MR) is 81.9 cm³/mol. The van der Waals surface area contributed by atoms with E-state index in [-0.39, 0.29) is 13.0 Å². The van der Waals surface area contributed by atoms with Crippen molar-refractivity contribution in [3.05, 3.63) is 34.9 Å². The van der Waals surface area contributed by atoms with E-state index in [1.165, 1.54) is 7.11 Å². The highest BCUT2D eigenvalue weighted by molar-refractivity contribution is 5.84. The zero-order valence-electron chi connectivity index (χ0n) is 13.2. The second kappa shape index (κ2) is 9.17. The minimum atomic E-state index is -1.07. The Balaban J connectivity index is 2.56. The number of aliphatic carboxylic acids is 1. The molecule has 0 aliphatic rings. The maximum Gasteiger partial charge on any atom is 0.326 e. The number of amides is 1. The van der Waals surface area contributed by atoms with E-state index in [9.17, 15) is 14.7 Å². The number of carboxylic acid groups (broad SMARTS) is 1. The standard InChI is InChI=1S/C16H23NO5/c1-11-4-5-13(8-12(11)2)9-14(16(19)20)17-15(18)10-22-7-6-21-3/h4-5,8,14H,6-7,9-10H2,1-3H3,(H,17,18)(H,19,20)/t14-/m0/s1. The van der Waals surface area contributed by atoms with Crippen molar-refractivity contribution >= 4 is 11.9 Å². The van der Waals surface area contributed by atoms with Gasteiger partial charge in [-0.1, -0.05) is 18.2 Å². The maximum atomic E-state index is 11.7. The van der Waals surface area contributed by atoms with Crippen LogP contribution in [-0.4, -0.2) is 50.0 Å². The summed E-state index contributed by atoms with van der Waals surface area (Å²) in [4.78, 5) is 23.0. The number of aryl methyl sites for hydroxylation is 2. The van der Waals surface area contributed by atoms with Crippen LogP contribution in [0.25, 0.3) is 0 Å². The molecule has 1 amide bonds. The van der Waals surface area contributed by atoms with E-state index < -0.39 is 17.9 Å². The average Bonchev–Trinajstić information content (AvgIpc) is 2.46. The summed E-state index contributed by atoms with van der Waals surface area (Å²) in [5, 5.41) is 11.7. The second-order valence-corrected chi connectivity index (χ2v) is 5.13. The number of methoxy groups -OCH3 is 1. The molecule has 0 fully saturated rings. The zero-order valence-corrected chi connectivity index (χ0v) is 13.2. The first-order valence-corrected chi connectivity index (χ1v) is 7.09. The number of ether oxygens (including phenoxy) is 2. The molecule has 22 heavy (non-hydrogen) atoms. The van der Waals surface area contributed by atoms with Crippen molar-refractivity contribution < 1.29 is 24.2 Å². The molecule has 6 nitrogen and oxygen atoms in total. The van der Waals surface area contributed by atoms with Gasteiger partial charge in [-0.2, -0.15) is 0 Å². The van der Waals surface area contributed by atoms with Crippen LogP contribution in [0, 0.1) is 13.8 Å². The number of nitrogens with one attached hydrogen (secondary N) is 1. The molecule has 0 aliphatic heterocycles. The van der Waals surface area contributed by atoms with Gasteiger partial charge in [0.1, 0.15) is 12.6 Å². The number of carbonyl (C=O) groups is 2. The fraction of sp³-hybridized carbons (Fsp3) is 0.500. The molecule has 0 radical (unpaired) electrons.